The van der Waals surface area contributed by atoms with Crippen LogP contribution in [-0.4, -0.2) is 18.1 Å². The number of nitrogens with two attached hydrogens (primary N) is 3. The average molecular weight is 337 g/mol. The Morgan fingerprint density at radius 3 is 2.44 bits per heavy atom. The third-order valence-electron chi connectivity index (χ3n) is 4.60. The van der Waals surface area contributed by atoms with Gasteiger partial charge in [0.25, 0.3) is 0 Å². The van der Waals surface area contributed by atoms with Gasteiger partial charge in [-0.25, -0.2) is 5.84 Å². The highest BCUT2D eigenvalue weighted by molar-refractivity contribution is 5.93. The molecule has 1 heterocycles. The Bertz CT molecular complexity index is 753. The minimum atomic E-state index is 0.718. The highest BCUT2D eigenvalue weighted by Gasteiger charge is 2.21. The van der Waals surface area contributed by atoms with Gasteiger partial charge < -0.3 is 21.8 Å². The van der Waals surface area contributed by atoms with Crippen molar-refractivity contribution in [1.29, 1.82) is 0 Å². The second-order valence-electron chi connectivity index (χ2n) is 6.36. The summed E-state index contributed by atoms with van der Waals surface area (Å²) >= 11 is 0. The van der Waals surface area contributed by atoms with E-state index in [2.05, 4.69) is 29.6 Å². The number of nitrogens with one attached hydrogen (secondary N) is 1. The van der Waals surface area contributed by atoms with Crippen molar-refractivity contribution >= 4 is 17.1 Å². The molecule has 0 spiro atoms. The molecule has 0 saturated carbocycles. The summed E-state index contributed by atoms with van der Waals surface area (Å²) < 4.78 is 0. The summed E-state index contributed by atoms with van der Waals surface area (Å²) in [5.74, 6) is 6.45. The van der Waals surface area contributed by atoms with Gasteiger partial charge in [0.2, 0.25) is 0 Å². The monoisotopic (exact) mass is 337 g/mol. The van der Waals surface area contributed by atoms with Crippen molar-refractivity contribution in [3.05, 3.63) is 65.2 Å². The van der Waals surface area contributed by atoms with Crippen LogP contribution < -0.4 is 22.6 Å². The van der Waals surface area contributed by atoms with Gasteiger partial charge in [0.15, 0.2) is 0 Å². The van der Waals surface area contributed by atoms with Crippen molar-refractivity contribution in [2.45, 2.75) is 25.8 Å². The zero-order valence-corrected chi connectivity index (χ0v) is 14.5. The van der Waals surface area contributed by atoms with E-state index in [4.69, 9.17) is 17.3 Å². The summed E-state index contributed by atoms with van der Waals surface area (Å²) in [7, 11) is 0. The van der Waals surface area contributed by atoms with Gasteiger partial charge >= 0.3 is 0 Å². The summed E-state index contributed by atoms with van der Waals surface area (Å²) in [6, 6.07) is 16.4. The molecule has 132 valence electrons. The van der Waals surface area contributed by atoms with E-state index in [1.807, 2.05) is 24.3 Å². The molecule has 0 aliphatic carbocycles. The number of benzene rings is 2. The molecule has 0 amide bonds. The number of hydrazine groups is 1. The molecule has 3 rings (SSSR count). The number of anilines is 1. The van der Waals surface area contributed by atoms with Crippen molar-refractivity contribution in [1.82, 2.24) is 5.01 Å². The largest absolute Gasteiger partial charge is 0.396 e. The van der Waals surface area contributed by atoms with Crippen molar-refractivity contribution < 1.29 is 0 Å². The third kappa shape index (κ3) is 3.78. The minimum absolute atomic E-state index is 0.718. The van der Waals surface area contributed by atoms with Gasteiger partial charge in [0.05, 0.1) is 11.4 Å². The van der Waals surface area contributed by atoms with Crippen LogP contribution >= 0.6 is 0 Å². The minimum Gasteiger partial charge on any atom is -0.396 e. The molecule has 0 radical (unpaired) electrons. The van der Waals surface area contributed by atoms with Crippen LogP contribution in [0.3, 0.4) is 0 Å². The lowest BCUT2D eigenvalue weighted by Crippen LogP contribution is -2.33. The Morgan fingerprint density at radius 1 is 0.920 bits per heavy atom. The molecular formula is C20H27N5. The predicted octanol–water partition coefficient (Wildman–Crippen LogP) is 2.70. The van der Waals surface area contributed by atoms with E-state index in [0.717, 1.165) is 67.1 Å². The summed E-state index contributed by atoms with van der Waals surface area (Å²) in [4.78, 5) is 0. The first kappa shape index (κ1) is 17.3. The topological polar surface area (TPSA) is 93.3 Å². The molecule has 0 saturated heterocycles. The van der Waals surface area contributed by atoms with Gasteiger partial charge in [-0.05, 0) is 31.0 Å². The second kappa shape index (κ2) is 8.05. The summed E-state index contributed by atoms with van der Waals surface area (Å²) in [6.45, 7) is 2.20. The Hall–Kier alpha value is -2.50. The third-order valence-corrected chi connectivity index (χ3v) is 4.60. The molecule has 0 atom stereocenters. The van der Waals surface area contributed by atoms with Crippen LogP contribution in [0.25, 0.3) is 11.4 Å². The smallest absolute Gasteiger partial charge is 0.0846 e. The molecule has 1 aliphatic heterocycles. The van der Waals surface area contributed by atoms with Gasteiger partial charge in [-0.3, -0.25) is 0 Å². The fraction of sp³-hybridized carbons (Fsp3) is 0.300. The number of rotatable bonds is 6. The van der Waals surface area contributed by atoms with E-state index in [9.17, 15) is 0 Å². The molecule has 2 aromatic rings. The van der Waals surface area contributed by atoms with Crippen molar-refractivity contribution in [3.63, 3.8) is 0 Å². The van der Waals surface area contributed by atoms with E-state index in [-0.39, 0.29) is 0 Å². The lowest BCUT2D eigenvalue weighted by Gasteiger charge is -2.29. The lowest BCUT2D eigenvalue weighted by molar-refractivity contribution is 0.399. The van der Waals surface area contributed by atoms with Crippen LogP contribution in [0, 0.1) is 0 Å². The maximum atomic E-state index is 6.62. The van der Waals surface area contributed by atoms with Crippen molar-refractivity contribution in [2.24, 2.45) is 17.3 Å². The highest BCUT2D eigenvalue weighted by atomic mass is 15.4. The normalized spacial score (nSPS) is 16.2. The van der Waals surface area contributed by atoms with Crippen molar-refractivity contribution in [2.75, 3.05) is 18.4 Å². The molecule has 0 aromatic heterocycles. The molecule has 1 aliphatic rings. The fourth-order valence-electron chi connectivity index (χ4n) is 3.27. The van der Waals surface area contributed by atoms with Gasteiger partial charge in [0.1, 0.15) is 0 Å². The molecule has 0 unspecified atom stereocenters. The quantitative estimate of drug-likeness (QED) is 0.369. The Balaban J connectivity index is 2.02. The van der Waals surface area contributed by atoms with E-state index >= 15 is 0 Å². The first-order chi connectivity index (χ1) is 12.2. The molecular weight excluding hydrogens is 310 g/mol. The number of unbranched alkanes of at least 4 members (excludes halogenated alkanes) is 2. The molecule has 7 N–H and O–H groups in total. The highest BCUT2D eigenvalue weighted by Crippen LogP contribution is 2.33. The lowest BCUT2D eigenvalue weighted by atomic mass is 9.97. The first-order valence-electron chi connectivity index (χ1n) is 8.86. The zero-order chi connectivity index (χ0) is 17.6. The van der Waals surface area contributed by atoms with Gasteiger partial charge in [-0.2, -0.15) is 0 Å². The summed E-state index contributed by atoms with van der Waals surface area (Å²) in [5.41, 5.74) is 18.1. The Kier molecular flexibility index (Phi) is 5.58. The Labute approximate surface area is 149 Å². The van der Waals surface area contributed by atoms with E-state index in [1.54, 1.807) is 5.01 Å². The number of para-hydroxylation sites is 1. The molecule has 25 heavy (non-hydrogen) atoms. The molecule has 5 heteroatoms. The van der Waals surface area contributed by atoms with Gasteiger partial charge in [-0.15, -0.1) is 0 Å². The van der Waals surface area contributed by atoms with Gasteiger partial charge in [-0.1, -0.05) is 48.9 Å². The van der Waals surface area contributed by atoms with Crippen LogP contribution in [0.1, 0.15) is 36.0 Å². The maximum absolute atomic E-state index is 6.62. The standard InChI is InChI=1S/C20H27N5/c21-12-6-1-7-13-25(23)20-17-10-4-5-11-18(17)24-14-15-8-2-3-9-16(15)19(20)22/h2-5,8-11,24H,1,6-7,12-14,21-23H2/b20-19-. The first-order valence-corrected chi connectivity index (χ1v) is 8.86. The molecule has 2 aromatic carbocycles. The molecule has 5 nitrogen and oxygen atoms in total. The van der Waals surface area contributed by atoms with Crippen LogP contribution in [0.4, 0.5) is 5.69 Å². The average Bonchev–Trinajstić information content (AvgIpc) is 2.63. The van der Waals surface area contributed by atoms with E-state index in [1.165, 1.54) is 5.56 Å². The fourth-order valence-corrected chi connectivity index (χ4v) is 3.27. The predicted molar refractivity (Wildman–Crippen MR) is 105 cm³/mol. The van der Waals surface area contributed by atoms with Crippen LogP contribution in [0.2, 0.25) is 0 Å². The van der Waals surface area contributed by atoms with E-state index in [0.29, 0.717) is 0 Å². The van der Waals surface area contributed by atoms with Crippen LogP contribution in [-0.2, 0) is 6.54 Å². The zero-order valence-electron chi connectivity index (χ0n) is 14.5. The summed E-state index contributed by atoms with van der Waals surface area (Å²) in [6.07, 6.45) is 3.07. The Morgan fingerprint density at radius 2 is 1.64 bits per heavy atom. The second-order valence-corrected chi connectivity index (χ2v) is 6.36. The summed E-state index contributed by atoms with van der Waals surface area (Å²) in [5, 5.41) is 5.30. The number of nitrogens with zero attached hydrogens (tertiary/aromatic N) is 1. The van der Waals surface area contributed by atoms with Gasteiger partial charge in [0, 0.05) is 29.9 Å². The molecule has 0 bridgehead atoms. The molecule has 0 fully saturated rings. The van der Waals surface area contributed by atoms with E-state index < -0.39 is 0 Å². The number of fused-ring (bicyclic) bond motifs is 2. The van der Waals surface area contributed by atoms with Crippen LogP contribution in [0.15, 0.2) is 48.5 Å². The SMILES string of the molecule is NCCCCCN(N)/C1=C(\N)c2ccccc2CNc2ccccc21. The number of hydrogen-bond donors (Lipinski definition) is 4. The number of hydrogen-bond acceptors (Lipinski definition) is 5. The van der Waals surface area contributed by atoms with Crippen molar-refractivity contribution in [3.8, 4) is 0 Å². The maximum Gasteiger partial charge on any atom is 0.0846 e. The van der Waals surface area contributed by atoms with Crippen LogP contribution in [0.5, 0.6) is 0 Å².